The predicted octanol–water partition coefficient (Wildman–Crippen LogP) is 3.01. The second-order valence-corrected chi connectivity index (χ2v) is 3.89. The number of nitrogens with zero attached hydrogens (tertiary/aromatic N) is 1. The molecule has 0 radical (unpaired) electrons. The molecule has 2 N–H and O–H groups in total. The smallest absolute Gasteiger partial charge is 0.251 e. The first-order chi connectivity index (χ1) is 7.48. The summed E-state index contributed by atoms with van der Waals surface area (Å²) in [6.07, 6.45) is 2.20. The second-order valence-electron chi connectivity index (χ2n) is 3.89. The fourth-order valence-corrected chi connectivity index (χ4v) is 1.70. The highest BCUT2D eigenvalue weighted by atomic mass is 19.3. The van der Waals surface area contributed by atoms with Gasteiger partial charge in [-0.3, -0.25) is 4.98 Å². The molecule has 2 nitrogen and oxygen atoms in total. The van der Waals surface area contributed by atoms with E-state index in [9.17, 15) is 13.2 Å². The summed E-state index contributed by atoms with van der Waals surface area (Å²) in [5.41, 5.74) is 6.24. The molecule has 1 aromatic rings. The van der Waals surface area contributed by atoms with Crippen LogP contribution in [0.5, 0.6) is 0 Å². The van der Waals surface area contributed by atoms with Gasteiger partial charge in [-0.05, 0) is 12.0 Å². The second kappa shape index (κ2) is 3.81. The number of halogens is 3. The van der Waals surface area contributed by atoms with Crippen LogP contribution in [-0.4, -0.2) is 10.9 Å². The zero-order valence-corrected chi connectivity index (χ0v) is 8.51. The van der Waals surface area contributed by atoms with Gasteiger partial charge in [0.05, 0.1) is 11.9 Å². The summed E-state index contributed by atoms with van der Waals surface area (Å²) in [4.78, 5) is 3.84. The first kappa shape index (κ1) is 11.0. The number of alkyl halides is 2. The molecule has 1 aliphatic carbocycles. The summed E-state index contributed by atoms with van der Waals surface area (Å²) >= 11 is 0. The summed E-state index contributed by atoms with van der Waals surface area (Å²) in [7, 11) is 0. The molecule has 0 spiro atoms. The highest BCUT2D eigenvalue weighted by Gasteiger charge is 2.31. The minimum Gasteiger partial charge on any atom is -0.397 e. The van der Waals surface area contributed by atoms with Crippen LogP contribution in [0.3, 0.4) is 0 Å². The van der Waals surface area contributed by atoms with Crippen molar-refractivity contribution in [3.63, 3.8) is 0 Å². The lowest BCUT2D eigenvalue weighted by atomic mass is 9.94. The number of pyridine rings is 1. The molecule has 0 fully saturated rings. The summed E-state index contributed by atoms with van der Waals surface area (Å²) in [5.74, 6) is -3.23. The van der Waals surface area contributed by atoms with E-state index >= 15 is 0 Å². The highest BCUT2D eigenvalue weighted by Crippen LogP contribution is 2.36. The molecule has 0 atom stereocenters. The van der Waals surface area contributed by atoms with E-state index in [0.29, 0.717) is 5.57 Å². The predicted molar refractivity (Wildman–Crippen MR) is 55.4 cm³/mol. The van der Waals surface area contributed by atoms with E-state index in [1.807, 2.05) is 0 Å². The fraction of sp³-hybridized carbons (Fsp3) is 0.364. The fourth-order valence-electron chi connectivity index (χ4n) is 1.70. The maximum absolute atomic E-state index is 13.5. The van der Waals surface area contributed by atoms with Crippen molar-refractivity contribution in [2.75, 3.05) is 5.73 Å². The van der Waals surface area contributed by atoms with Crippen LogP contribution in [0, 0.1) is 5.82 Å². The Morgan fingerprint density at radius 1 is 1.38 bits per heavy atom. The Labute approximate surface area is 91.0 Å². The van der Waals surface area contributed by atoms with E-state index in [0.717, 1.165) is 6.07 Å². The van der Waals surface area contributed by atoms with Gasteiger partial charge >= 0.3 is 0 Å². The van der Waals surface area contributed by atoms with Crippen LogP contribution in [-0.2, 0) is 0 Å². The van der Waals surface area contributed by atoms with Gasteiger partial charge in [-0.15, -0.1) is 0 Å². The Hall–Kier alpha value is -1.52. The van der Waals surface area contributed by atoms with E-state index in [1.54, 1.807) is 0 Å². The number of nitrogens with two attached hydrogens (primary N) is 1. The summed E-state index contributed by atoms with van der Waals surface area (Å²) in [5, 5.41) is 0. The molecule has 86 valence electrons. The van der Waals surface area contributed by atoms with Crippen molar-refractivity contribution in [3.8, 4) is 0 Å². The van der Waals surface area contributed by atoms with Crippen LogP contribution in [0.4, 0.5) is 18.9 Å². The molecule has 1 aliphatic rings. The molecular formula is C11H11F3N2. The van der Waals surface area contributed by atoms with Crippen molar-refractivity contribution in [2.24, 2.45) is 0 Å². The van der Waals surface area contributed by atoms with Crippen LogP contribution < -0.4 is 5.73 Å². The number of allylic oxidation sites excluding steroid dienone is 2. The Morgan fingerprint density at radius 2 is 2.12 bits per heavy atom. The zero-order valence-electron chi connectivity index (χ0n) is 8.51. The maximum atomic E-state index is 13.5. The summed E-state index contributed by atoms with van der Waals surface area (Å²) < 4.78 is 39.2. The minimum atomic E-state index is -2.67. The molecule has 0 saturated heterocycles. The normalized spacial score (nSPS) is 19.3. The lowest BCUT2D eigenvalue weighted by Gasteiger charge is -2.21. The standard InChI is InChI=1S/C11H11F3N2/c12-9-5-8(15)6-16-10(9)7-1-3-11(13,14)4-2-7/h1,5-6H,2-4,15H2. The third kappa shape index (κ3) is 2.18. The summed E-state index contributed by atoms with van der Waals surface area (Å²) in [6, 6.07) is 1.15. The molecule has 0 aromatic carbocycles. The van der Waals surface area contributed by atoms with Gasteiger partial charge in [0.15, 0.2) is 5.82 Å². The number of aromatic nitrogens is 1. The van der Waals surface area contributed by atoms with Gasteiger partial charge in [0.1, 0.15) is 5.69 Å². The zero-order chi connectivity index (χ0) is 11.8. The van der Waals surface area contributed by atoms with Gasteiger partial charge in [-0.2, -0.15) is 0 Å². The van der Waals surface area contributed by atoms with Gasteiger partial charge in [0.2, 0.25) is 0 Å². The molecule has 16 heavy (non-hydrogen) atoms. The van der Waals surface area contributed by atoms with Crippen LogP contribution in [0.2, 0.25) is 0 Å². The molecule has 0 bridgehead atoms. The van der Waals surface area contributed by atoms with E-state index in [1.165, 1.54) is 12.3 Å². The monoisotopic (exact) mass is 228 g/mol. The van der Waals surface area contributed by atoms with Gasteiger partial charge in [-0.25, -0.2) is 13.2 Å². The molecule has 0 saturated carbocycles. The van der Waals surface area contributed by atoms with Crippen molar-refractivity contribution in [1.82, 2.24) is 4.98 Å². The van der Waals surface area contributed by atoms with Crippen molar-refractivity contribution in [3.05, 3.63) is 29.9 Å². The number of anilines is 1. The number of rotatable bonds is 1. The Balaban J connectivity index is 2.29. The molecule has 0 aliphatic heterocycles. The molecule has 0 amide bonds. The van der Waals surface area contributed by atoms with Crippen molar-refractivity contribution in [2.45, 2.75) is 25.2 Å². The molecule has 2 rings (SSSR count). The molecular weight excluding hydrogens is 217 g/mol. The Kier molecular flexibility index (Phi) is 2.61. The van der Waals surface area contributed by atoms with Crippen molar-refractivity contribution < 1.29 is 13.2 Å². The van der Waals surface area contributed by atoms with Gasteiger partial charge in [-0.1, -0.05) is 6.08 Å². The van der Waals surface area contributed by atoms with Gasteiger partial charge < -0.3 is 5.73 Å². The number of hydrogen-bond donors (Lipinski definition) is 1. The Morgan fingerprint density at radius 3 is 2.69 bits per heavy atom. The van der Waals surface area contributed by atoms with Crippen molar-refractivity contribution in [1.29, 1.82) is 0 Å². The average molecular weight is 228 g/mol. The van der Waals surface area contributed by atoms with Gasteiger partial charge in [0.25, 0.3) is 5.92 Å². The first-order valence-corrected chi connectivity index (χ1v) is 4.96. The first-order valence-electron chi connectivity index (χ1n) is 4.96. The van der Waals surface area contributed by atoms with Crippen molar-refractivity contribution >= 4 is 11.3 Å². The average Bonchev–Trinajstić information content (AvgIpc) is 2.19. The van der Waals surface area contributed by atoms with E-state index < -0.39 is 11.7 Å². The van der Waals surface area contributed by atoms with E-state index in [2.05, 4.69) is 4.98 Å². The highest BCUT2D eigenvalue weighted by molar-refractivity contribution is 5.65. The number of nitrogen functional groups attached to an aromatic ring is 1. The molecule has 5 heteroatoms. The third-order valence-electron chi connectivity index (χ3n) is 2.57. The van der Waals surface area contributed by atoms with E-state index in [-0.39, 0.29) is 30.6 Å². The summed E-state index contributed by atoms with van der Waals surface area (Å²) in [6.45, 7) is 0. The molecule has 1 heterocycles. The van der Waals surface area contributed by atoms with Gasteiger partial charge in [0, 0.05) is 18.9 Å². The topological polar surface area (TPSA) is 38.9 Å². The number of hydrogen-bond acceptors (Lipinski definition) is 2. The maximum Gasteiger partial charge on any atom is 0.251 e. The molecule has 0 unspecified atom stereocenters. The molecule has 1 aromatic heterocycles. The minimum absolute atomic E-state index is 0.129. The van der Waals surface area contributed by atoms with Crippen LogP contribution in [0.25, 0.3) is 5.57 Å². The largest absolute Gasteiger partial charge is 0.397 e. The SMILES string of the molecule is Nc1cnc(C2=CCC(F)(F)CC2)c(F)c1. The van der Waals surface area contributed by atoms with Crippen LogP contribution in [0.1, 0.15) is 25.0 Å². The Bertz CT molecular complexity index is 441. The van der Waals surface area contributed by atoms with Crippen LogP contribution in [0.15, 0.2) is 18.3 Å². The van der Waals surface area contributed by atoms with Crippen LogP contribution >= 0.6 is 0 Å². The quantitative estimate of drug-likeness (QED) is 0.802. The lowest BCUT2D eigenvalue weighted by Crippen LogP contribution is -2.18. The van der Waals surface area contributed by atoms with E-state index in [4.69, 9.17) is 5.73 Å². The third-order valence-corrected chi connectivity index (χ3v) is 2.57. The lowest BCUT2D eigenvalue weighted by molar-refractivity contribution is -0.00608.